The van der Waals surface area contributed by atoms with Crippen molar-refractivity contribution >= 4 is 11.6 Å². The third-order valence-electron chi connectivity index (χ3n) is 4.14. The van der Waals surface area contributed by atoms with Crippen LogP contribution in [0.4, 0.5) is 0 Å². The van der Waals surface area contributed by atoms with Gasteiger partial charge in [0.2, 0.25) is 0 Å². The van der Waals surface area contributed by atoms with E-state index in [0.29, 0.717) is 12.5 Å². The molecule has 128 valence electrons. The van der Waals surface area contributed by atoms with Crippen molar-refractivity contribution in [1.29, 1.82) is 0 Å². The molecule has 1 aliphatic heterocycles. The summed E-state index contributed by atoms with van der Waals surface area (Å²) >= 11 is 6.15. The van der Waals surface area contributed by atoms with E-state index in [1.54, 1.807) is 6.20 Å². The molecule has 1 unspecified atom stereocenters. The normalized spacial score (nSPS) is 17.6. The summed E-state index contributed by atoms with van der Waals surface area (Å²) in [6.07, 6.45) is 5.96. The summed E-state index contributed by atoms with van der Waals surface area (Å²) in [6.45, 7) is 3.94. The van der Waals surface area contributed by atoms with Crippen LogP contribution in [0.2, 0.25) is 5.02 Å². The quantitative estimate of drug-likeness (QED) is 0.827. The van der Waals surface area contributed by atoms with Crippen molar-refractivity contribution in [3.8, 4) is 5.75 Å². The number of nitrogens with one attached hydrogen (secondary N) is 1. The van der Waals surface area contributed by atoms with Gasteiger partial charge in [0.05, 0.1) is 6.61 Å². The molecule has 5 heteroatoms. The molecule has 2 heterocycles. The Labute approximate surface area is 148 Å². The van der Waals surface area contributed by atoms with Gasteiger partial charge in [-0.15, -0.1) is 0 Å². The Morgan fingerprint density at radius 2 is 2.29 bits per heavy atom. The first-order valence-corrected chi connectivity index (χ1v) is 8.77. The molecule has 1 aromatic heterocycles. The first-order chi connectivity index (χ1) is 11.8. The van der Waals surface area contributed by atoms with Crippen molar-refractivity contribution in [2.24, 2.45) is 5.92 Å². The van der Waals surface area contributed by atoms with E-state index in [1.807, 2.05) is 36.5 Å². The minimum absolute atomic E-state index is 0.499. The van der Waals surface area contributed by atoms with E-state index in [2.05, 4.69) is 10.3 Å². The van der Waals surface area contributed by atoms with E-state index < -0.39 is 0 Å². The van der Waals surface area contributed by atoms with Crippen LogP contribution in [0.5, 0.6) is 5.75 Å². The van der Waals surface area contributed by atoms with E-state index >= 15 is 0 Å². The van der Waals surface area contributed by atoms with Gasteiger partial charge in [0, 0.05) is 48.2 Å². The monoisotopic (exact) mass is 346 g/mol. The fourth-order valence-corrected chi connectivity index (χ4v) is 3.05. The Balaban J connectivity index is 1.56. The van der Waals surface area contributed by atoms with Crippen LogP contribution in [-0.4, -0.2) is 24.7 Å². The summed E-state index contributed by atoms with van der Waals surface area (Å²) in [5.74, 6) is 1.45. The van der Waals surface area contributed by atoms with Crippen molar-refractivity contribution in [3.05, 3.63) is 58.9 Å². The molecule has 3 rings (SSSR count). The number of nitrogens with zero attached hydrogens (tertiary/aromatic N) is 1. The molecule has 1 atom stereocenters. The standard InChI is InChI=1S/C19H23ClN2O2/c20-18-5-6-19(24-14-16-3-1-7-21-10-16)17(9-18)12-22-11-15-4-2-8-23-13-15/h1,3,5-7,9-10,15,22H,2,4,8,11-14H2. The Kier molecular flexibility index (Phi) is 6.47. The molecule has 1 aromatic carbocycles. The molecule has 2 aromatic rings. The molecule has 1 N–H and O–H groups in total. The summed E-state index contributed by atoms with van der Waals surface area (Å²) in [4.78, 5) is 4.11. The number of pyridine rings is 1. The van der Waals surface area contributed by atoms with Gasteiger partial charge in [-0.2, -0.15) is 0 Å². The fraction of sp³-hybridized carbons (Fsp3) is 0.421. The molecule has 1 aliphatic rings. The second kappa shape index (κ2) is 9.02. The van der Waals surface area contributed by atoms with Gasteiger partial charge >= 0.3 is 0 Å². The lowest BCUT2D eigenvalue weighted by Gasteiger charge is -2.22. The highest BCUT2D eigenvalue weighted by molar-refractivity contribution is 6.30. The van der Waals surface area contributed by atoms with Crippen molar-refractivity contribution in [2.75, 3.05) is 19.8 Å². The number of aromatic nitrogens is 1. The molecule has 0 bridgehead atoms. The van der Waals surface area contributed by atoms with Crippen LogP contribution in [0.1, 0.15) is 24.0 Å². The molecule has 0 aliphatic carbocycles. The van der Waals surface area contributed by atoms with E-state index in [1.165, 1.54) is 6.42 Å². The molecule has 0 amide bonds. The van der Waals surface area contributed by atoms with Crippen molar-refractivity contribution < 1.29 is 9.47 Å². The second-order valence-corrected chi connectivity index (χ2v) is 6.55. The lowest BCUT2D eigenvalue weighted by molar-refractivity contribution is 0.0547. The van der Waals surface area contributed by atoms with Crippen LogP contribution < -0.4 is 10.1 Å². The lowest BCUT2D eigenvalue weighted by atomic mass is 10.0. The smallest absolute Gasteiger partial charge is 0.124 e. The zero-order valence-corrected chi connectivity index (χ0v) is 14.5. The van der Waals surface area contributed by atoms with Crippen LogP contribution in [-0.2, 0) is 17.9 Å². The molecular weight excluding hydrogens is 324 g/mol. The predicted octanol–water partition coefficient (Wildman–Crippen LogP) is 3.83. The summed E-state index contributed by atoms with van der Waals surface area (Å²) in [5, 5.41) is 4.23. The largest absolute Gasteiger partial charge is 0.489 e. The molecule has 0 saturated carbocycles. The number of ether oxygens (including phenoxy) is 2. The maximum Gasteiger partial charge on any atom is 0.124 e. The van der Waals surface area contributed by atoms with Crippen LogP contribution in [0.25, 0.3) is 0 Å². The third-order valence-corrected chi connectivity index (χ3v) is 4.38. The van der Waals surface area contributed by atoms with E-state index in [-0.39, 0.29) is 0 Å². The Morgan fingerprint density at radius 3 is 3.08 bits per heavy atom. The first kappa shape index (κ1) is 17.2. The van der Waals surface area contributed by atoms with Crippen LogP contribution in [0.3, 0.4) is 0 Å². The topological polar surface area (TPSA) is 43.4 Å². The Morgan fingerprint density at radius 1 is 1.33 bits per heavy atom. The number of hydrogen-bond acceptors (Lipinski definition) is 4. The van der Waals surface area contributed by atoms with Crippen LogP contribution in [0, 0.1) is 5.92 Å². The van der Waals surface area contributed by atoms with Crippen LogP contribution in [0.15, 0.2) is 42.7 Å². The predicted molar refractivity (Wildman–Crippen MR) is 95.3 cm³/mol. The SMILES string of the molecule is Clc1ccc(OCc2cccnc2)c(CNCC2CCCOC2)c1. The highest BCUT2D eigenvalue weighted by atomic mass is 35.5. The maximum atomic E-state index is 6.15. The highest BCUT2D eigenvalue weighted by Crippen LogP contribution is 2.24. The Hall–Kier alpha value is -1.62. The maximum absolute atomic E-state index is 6.15. The highest BCUT2D eigenvalue weighted by Gasteiger charge is 2.13. The van der Waals surface area contributed by atoms with Gasteiger partial charge < -0.3 is 14.8 Å². The van der Waals surface area contributed by atoms with E-state index in [9.17, 15) is 0 Å². The van der Waals surface area contributed by atoms with Gasteiger partial charge in [-0.25, -0.2) is 0 Å². The zero-order valence-electron chi connectivity index (χ0n) is 13.7. The summed E-state index contributed by atoms with van der Waals surface area (Å²) < 4.78 is 11.5. The number of benzene rings is 1. The summed E-state index contributed by atoms with van der Waals surface area (Å²) in [7, 11) is 0. The van der Waals surface area contributed by atoms with Crippen molar-refractivity contribution in [3.63, 3.8) is 0 Å². The van der Waals surface area contributed by atoms with Gasteiger partial charge in [-0.05, 0) is 43.0 Å². The van der Waals surface area contributed by atoms with Crippen molar-refractivity contribution in [1.82, 2.24) is 10.3 Å². The zero-order chi connectivity index (χ0) is 16.6. The van der Waals surface area contributed by atoms with Crippen LogP contribution >= 0.6 is 11.6 Å². The number of hydrogen-bond donors (Lipinski definition) is 1. The van der Waals surface area contributed by atoms with Gasteiger partial charge in [0.1, 0.15) is 12.4 Å². The summed E-state index contributed by atoms with van der Waals surface area (Å²) in [6, 6.07) is 9.67. The molecule has 0 spiro atoms. The van der Waals surface area contributed by atoms with Gasteiger partial charge in [-0.1, -0.05) is 17.7 Å². The van der Waals surface area contributed by atoms with E-state index in [4.69, 9.17) is 21.1 Å². The van der Waals surface area contributed by atoms with Gasteiger partial charge in [0.15, 0.2) is 0 Å². The number of rotatable bonds is 7. The molecule has 1 saturated heterocycles. The van der Waals surface area contributed by atoms with Gasteiger partial charge in [-0.3, -0.25) is 4.98 Å². The average molecular weight is 347 g/mol. The second-order valence-electron chi connectivity index (χ2n) is 6.12. The molecule has 4 nitrogen and oxygen atoms in total. The number of halogens is 1. The molecule has 24 heavy (non-hydrogen) atoms. The van der Waals surface area contributed by atoms with Crippen molar-refractivity contribution in [2.45, 2.75) is 26.0 Å². The van der Waals surface area contributed by atoms with E-state index in [0.717, 1.165) is 54.6 Å². The lowest BCUT2D eigenvalue weighted by Crippen LogP contribution is -2.29. The average Bonchev–Trinajstić information content (AvgIpc) is 2.63. The third kappa shape index (κ3) is 5.20. The Bertz CT molecular complexity index is 631. The molecule has 0 radical (unpaired) electrons. The summed E-state index contributed by atoms with van der Waals surface area (Å²) in [5.41, 5.74) is 2.12. The fourth-order valence-electron chi connectivity index (χ4n) is 2.85. The minimum atomic E-state index is 0.499. The minimum Gasteiger partial charge on any atom is -0.489 e. The molecule has 1 fully saturated rings. The first-order valence-electron chi connectivity index (χ1n) is 8.40. The van der Waals surface area contributed by atoms with Gasteiger partial charge in [0.25, 0.3) is 0 Å². The molecular formula is C19H23ClN2O2.